The third-order valence-corrected chi connectivity index (χ3v) is 2.25. The monoisotopic (exact) mass is 209 g/mol. The molecule has 4 heteroatoms. The molecule has 82 valence electrons. The Morgan fingerprint density at radius 1 is 1.47 bits per heavy atom. The number of hydrogen-bond donors (Lipinski definition) is 2. The molecular weight excluding hydrogens is 194 g/mol. The number of ether oxygens (including phenoxy) is 1. The lowest BCUT2D eigenvalue weighted by Crippen LogP contribution is -2.26. The van der Waals surface area contributed by atoms with Gasteiger partial charge < -0.3 is 15.6 Å². The molecule has 0 fully saturated rings. The van der Waals surface area contributed by atoms with Crippen LogP contribution < -0.4 is 5.73 Å². The van der Waals surface area contributed by atoms with Gasteiger partial charge in [-0.2, -0.15) is 0 Å². The van der Waals surface area contributed by atoms with Gasteiger partial charge in [0.1, 0.15) is 12.2 Å². The molecule has 1 aromatic carbocycles. The minimum absolute atomic E-state index is 0.649. The minimum Gasteiger partial charge on any atom is -0.444 e. The first-order valence-corrected chi connectivity index (χ1v) is 4.72. The Bertz CT molecular complexity index is 351. The van der Waals surface area contributed by atoms with Crippen LogP contribution in [0.2, 0.25) is 0 Å². The second-order valence-corrected chi connectivity index (χ2v) is 3.44. The fourth-order valence-electron chi connectivity index (χ4n) is 1.42. The summed E-state index contributed by atoms with van der Waals surface area (Å²) in [7, 11) is 0. The molecule has 15 heavy (non-hydrogen) atoms. The van der Waals surface area contributed by atoms with E-state index in [0.29, 0.717) is 0 Å². The smallest absolute Gasteiger partial charge is 0.404 e. The molecule has 3 N–H and O–H groups in total. The highest BCUT2D eigenvalue weighted by molar-refractivity contribution is 5.64. The number of rotatable bonds is 3. The molecule has 0 aliphatic heterocycles. The van der Waals surface area contributed by atoms with Crippen LogP contribution in [-0.4, -0.2) is 17.3 Å². The zero-order valence-electron chi connectivity index (χ0n) is 8.81. The number of aliphatic hydroxyl groups is 1. The molecule has 0 heterocycles. The van der Waals surface area contributed by atoms with Crippen LogP contribution in [0.4, 0.5) is 4.79 Å². The molecule has 1 aromatic rings. The fourth-order valence-corrected chi connectivity index (χ4v) is 1.42. The van der Waals surface area contributed by atoms with Gasteiger partial charge in [0.05, 0.1) is 0 Å². The first-order chi connectivity index (χ1) is 7.02. The number of carbonyl (C=O) groups is 1. The van der Waals surface area contributed by atoms with Crippen LogP contribution in [0.25, 0.3) is 0 Å². The zero-order valence-corrected chi connectivity index (χ0v) is 8.81. The maximum absolute atomic E-state index is 10.5. The van der Waals surface area contributed by atoms with E-state index in [1.807, 2.05) is 25.1 Å². The highest BCUT2D eigenvalue weighted by atomic mass is 16.6. The second kappa shape index (κ2) is 4.79. The molecule has 2 atom stereocenters. The van der Waals surface area contributed by atoms with E-state index < -0.39 is 18.3 Å². The fraction of sp³-hybridized carbons (Fsp3) is 0.364. The quantitative estimate of drug-likeness (QED) is 0.792. The van der Waals surface area contributed by atoms with Gasteiger partial charge in [-0.1, -0.05) is 24.3 Å². The van der Waals surface area contributed by atoms with Crippen LogP contribution in [0.15, 0.2) is 24.3 Å². The highest BCUT2D eigenvalue weighted by Gasteiger charge is 2.20. The van der Waals surface area contributed by atoms with Crippen molar-refractivity contribution in [3.63, 3.8) is 0 Å². The van der Waals surface area contributed by atoms with E-state index in [2.05, 4.69) is 0 Å². The molecule has 1 amide bonds. The van der Waals surface area contributed by atoms with Gasteiger partial charge in [-0.05, 0) is 25.0 Å². The number of aliphatic hydroxyl groups excluding tert-OH is 1. The van der Waals surface area contributed by atoms with Gasteiger partial charge in [-0.3, -0.25) is 0 Å². The van der Waals surface area contributed by atoms with E-state index >= 15 is 0 Å². The number of carbonyl (C=O) groups excluding carboxylic acids is 1. The van der Waals surface area contributed by atoms with Crippen molar-refractivity contribution in [2.45, 2.75) is 26.1 Å². The normalized spacial score (nSPS) is 14.3. The third-order valence-electron chi connectivity index (χ3n) is 2.25. The summed E-state index contributed by atoms with van der Waals surface area (Å²) >= 11 is 0. The van der Waals surface area contributed by atoms with Crippen LogP contribution >= 0.6 is 0 Å². The van der Waals surface area contributed by atoms with Crippen molar-refractivity contribution >= 4 is 6.09 Å². The largest absolute Gasteiger partial charge is 0.444 e. The number of nitrogens with two attached hydrogens (primary N) is 1. The predicted molar refractivity (Wildman–Crippen MR) is 56.3 cm³/mol. The van der Waals surface area contributed by atoms with Gasteiger partial charge in [0, 0.05) is 0 Å². The molecule has 4 nitrogen and oxygen atoms in total. The number of primary amides is 1. The van der Waals surface area contributed by atoms with E-state index in [0.717, 1.165) is 11.1 Å². The Kier molecular flexibility index (Phi) is 3.68. The summed E-state index contributed by atoms with van der Waals surface area (Å²) in [4.78, 5) is 10.5. The van der Waals surface area contributed by atoms with E-state index in [1.165, 1.54) is 0 Å². The number of hydrogen-bond acceptors (Lipinski definition) is 3. The van der Waals surface area contributed by atoms with Crippen molar-refractivity contribution in [2.24, 2.45) is 5.73 Å². The number of aryl methyl sites for hydroxylation is 1. The molecule has 0 bridgehead atoms. The third kappa shape index (κ3) is 2.95. The summed E-state index contributed by atoms with van der Waals surface area (Å²) in [6.45, 7) is 3.48. The van der Waals surface area contributed by atoms with E-state index in [9.17, 15) is 9.90 Å². The Hall–Kier alpha value is -1.55. The minimum atomic E-state index is -0.880. The lowest BCUT2D eigenvalue weighted by atomic mass is 10.0. The summed E-state index contributed by atoms with van der Waals surface area (Å²) in [6, 6.07) is 7.38. The topological polar surface area (TPSA) is 72.6 Å². The van der Waals surface area contributed by atoms with Crippen LogP contribution in [0, 0.1) is 6.92 Å². The summed E-state index contributed by atoms with van der Waals surface area (Å²) in [5.74, 6) is 0. The number of benzene rings is 1. The van der Waals surface area contributed by atoms with Gasteiger partial charge >= 0.3 is 6.09 Å². The average Bonchev–Trinajstić information content (AvgIpc) is 2.16. The molecule has 0 spiro atoms. The van der Waals surface area contributed by atoms with Gasteiger partial charge in [0.25, 0.3) is 0 Å². The lowest BCUT2D eigenvalue weighted by molar-refractivity contribution is 0.0154. The van der Waals surface area contributed by atoms with E-state index in [4.69, 9.17) is 10.5 Å². The molecule has 1 rings (SSSR count). The summed E-state index contributed by atoms with van der Waals surface area (Å²) < 4.78 is 4.71. The Morgan fingerprint density at radius 3 is 2.60 bits per heavy atom. The number of amides is 1. The molecule has 0 saturated heterocycles. The Morgan fingerprint density at radius 2 is 2.07 bits per heavy atom. The van der Waals surface area contributed by atoms with Crippen molar-refractivity contribution < 1.29 is 14.6 Å². The maximum Gasteiger partial charge on any atom is 0.404 e. The van der Waals surface area contributed by atoms with Crippen molar-refractivity contribution in [3.8, 4) is 0 Å². The van der Waals surface area contributed by atoms with Crippen molar-refractivity contribution in [3.05, 3.63) is 35.4 Å². The van der Waals surface area contributed by atoms with Gasteiger partial charge in [-0.25, -0.2) is 4.79 Å². The predicted octanol–water partition coefficient (Wildman–Crippen LogP) is 1.51. The summed E-state index contributed by atoms with van der Waals surface area (Å²) in [5, 5.41) is 9.89. The van der Waals surface area contributed by atoms with Gasteiger partial charge in [0.2, 0.25) is 0 Å². The summed E-state index contributed by atoms with van der Waals surface area (Å²) in [6.07, 6.45) is -2.38. The van der Waals surface area contributed by atoms with Gasteiger partial charge in [0.15, 0.2) is 0 Å². The van der Waals surface area contributed by atoms with Crippen LogP contribution in [0.1, 0.15) is 24.2 Å². The molecule has 0 aliphatic rings. The zero-order chi connectivity index (χ0) is 11.4. The van der Waals surface area contributed by atoms with Crippen molar-refractivity contribution in [2.75, 3.05) is 0 Å². The molecule has 0 aliphatic carbocycles. The van der Waals surface area contributed by atoms with Gasteiger partial charge in [-0.15, -0.1) is 0 Å². The Labute approximate surface area is 88.7 Å². The molecule has 0 radical (unpaired) electrons. The van der Waals surface area contributed by atoms with Crippen molar-refractivity contribution in [1.29, 1.82) is 0 Å². The average molecular weight is 209 g/mol. The Balaban J connectivity index is 2.80. The van der Waals surface area contributed by atoms with Crippen LogP contribution in [0.3, 0.4) is 0 Å². The molecule has 0 saturated carbocycles. The molecule has 0 unspecified atom stereocenters. The lowest BCUT2D eigenvalue weighted by Gasteiger charge is -2.20. The van der Waals surface area contributed by atoms with E-state index in [-0.39, 0.29) is 0 Å². The molecular formula is C11H15NO3. The first-order valence-electron chi connectivity index (χ1n) is 4.72. The van der Waals surface area contributed by atoms with Crippen LogP contribution in [0.5, 0.6) is 0 Å². The standard InChI is InChI=1S/C11H15NO3/c1-7-5-3-4-6-9(7)10(13)8(2)15-11(12)14/h3-6,8,10,13H,1-2H3,(H2,12,14)/t8-,10-/m1/s1. The first kappa shape index (κ1) is 11.5. The second-order valence-electron chi connectivity index (χ2n) is 3.44. The highest BCUT2D eigenvalue weighted by Crippen LogP contribution is 2.21. The van der Waals surface area contributed by atoms with Crippen molar-refractivity contribution in [1.82, 2.24) is 0 Å². The SMILES string of the molecule is Cc1ccccc1[C@H](O)[C@@H](C)OC(N)=O. The van der Waals surface area contributed by atoms with Crippen LogP contribution in [-0.2, 0) is 4.74 Å². The summed E-state index contributed by atoms with van der Waals surface area (Å²) in [5.41, 5.74) is 6.57. The maximum atomic E-state index is 10.5. The molecule has 0 aromatic heterocycles. The van der Waals surface area contributed by atoms with E-state index in [1.54, 1.807) is 13.0 Å².